The van der Waals surface area contributed by atoms with Crippen LogP contribution < -0.4 is 16.2 Å². The van der Waals surface area contributed by atoms with E-state index in [0.29, 0.717) is 18.0 Å². The number of hydrogen-bond donors (Lipinski definition) is 3. The number of hydrogen-bond acceptors (Lipinski definition) is 5. The number of anilines is 1. The first-order valence-electron chi connectivity index (χ1n) is 9.44. The number of benzene rings is 2. The van der Waals surface area contributed by atoms with E-state index in [1.807, 2.05) is 18.2 Å². The maximum absolute atomic E-state index is 4.90. The van der Waals surface area contributed by atoms with Crippen molar-refractivity contribution >= 4 is 16.9 Å². The fraction of sp³-hybridized carbons (Fsp3) is 0.333. The molecule has 2 aliphatic rings. The highest BCUT2D eigenvalue weighted by Crippen LogP contribution is 2.30. The van der Waals surface area contributed by atoms with E-state index in [1.54, 1.807) is 0 Å². The van der Waals surface area contributed by atoms with Crippen LogP contribution in [0.1, 0.15) is 19.3 Å². The molecule has 132 valence electrons. The van der Waals surface area contributed by atoms with Crippen LogP contribution in [-0.4, -0.2) is 28.6 Å². The van der Waals surface area contributed by atoms with Gasteiger partial charge in [0.2, 0.25) is 5.95 Å². The Morgan fingerprint density at radius 1 is 0.923 bits per heavy atom. The number of para-hydroxylation sites is 1. The van der Waals surface area contributed by atoms with Crippen LogP contribution in [0.5, 0.6) is 0 Å². The van der Waals surface area contributed by atoms with Crippen LogP contribution >= 0.6 is 0 Å². The SMILES string of the molecule is c1ccc(-c2nc(NC3CCC4NNCC4C3)nc3ccccc23)cc1. The molecule has 2 heterocycles. The largest absolute Gasteiger partial charge is 0.351 e. The van der Waals surface area contributed by atoms with Crippen LogP contribution in [0.15, 0.2) is 54.6 Å². The van der Waals surface area contributed by atoms with Crippen LogP contribution in [0.4, 0.5) is 5.95 Å². The van der Waals surface area contributed by atoms with Gasteiger partial charge in [-0.2, -0.15) is 0 Å². The molecular weight excluding hydrogens is 322 g/mol. The van der Waals surface area contributed by atoms with Crippen molar-refractivity contribution in [1.29, 1.82) is 0 Å². The summed E-state index contributed by atoms with van der Waals surface area (Å²) in [4.78, 5) is 9.68. The zero-order chi connectivity index (χ0) is 17.3. The maximum Gasteiger partial charge on any atom is 0.224 e. The molecule has 26 heavy (non-hydrogen) atoms. The van der Waals surface area contributed by atoms with E-state index in [2.05, 4.69) is 52.6 Å². The van der Waals surface area contributed by atoms with Gasteiger partial charge in [-0.05, 0) is 31.2 Å². The predicted octanol–water partition coefficient (Wildman–Crippen LogP) is 3.35. The summed E-state index contributed by atoms with van der Waals surface area (Å²) < 4.78 is 0. The second kappa shape index (κ2) is 6.67. The van der Waals surface area contributed by atoms with E-state index in [4.69, 9.17) is 9.97 Å². The lowest BCUT2D eigenvalue weighted by Gasteiger charge is -2.31. The number of rotatable bonds is 3. The molecule has 1 saturated heterocycles. The second-order valence-electron chi connectivity index (χ2n) is 7.33. The zero-order valence-electron chi connectivity index (χ0n) is 14.7. The first-order valence-corrected chi connectivity index (χ1v) is 9.44. The Labute approximate surface area is 153 Å². The molecule has 2 fully saturated rings. The van der Waals surface area contributed by atoms with Gasteiger partial charge in [0.25, 0.3) is 0 Å². The topological polar surface area (TPSA) is 61.9 Å². The van der Waals surface area contributed by atoms with Crippen molar-refractivity contribution in [2.45, 2.75) is 31.3 Å². The first kappa shape index (κ1) is 15.7. The minimum atomic E-state index is 0.433. The molecule has 3 unspecified atom stereocenters. The van der Waals surface area contributed by atoms with Gasteiger partial charge >= 0.3 is 0 Å². The smallest absolute Gasteiger partial charge is 0.224 e. The van der Waals surface area contributed by atoms with Gasteiger partial charge in [0.15, 0.2) is 0 Å². The Morgan fingerprint density at radius 2 is 1.77 bits per heavy atom. The van der Waals surface area contributed by atoms with Crippen LogP contribution in [-0.2, 0) is 0 Å². The standard InChI is InChI=1S/C21H23N5/c1-2-6-14(7-3-1)20-17-8-4-5-9-19(17)24-21(25-20)23-16-10-11-18-15(12-16)13-22-26-18/h1-9,15-16,18,22,26H,10-13H2,(H,23,24,25). The Morgan fingerprint density at radius 3 is 2.69 bits per heavy atom. The molecule has 0 amide bonds. The summed E-state index contributed by atoms with van der Waals surface area (Å²) in [5.74, 6) is 1.43. The molecule has 5 heteroatoms. The van der Waals surface area contributed by atoms with E-state index in [9.17, 15) is 0 Å². The average Bonchev–Trinajstić information content (AvgIpc) is 3.16. The van der Waals surface area contributed by atoms with Crippen LogP contribution in [0.25, 0.3) is 22.2 Å². The summed E-state index contributed by atoms with van der Waals surface area (Å²) in [6.07, 6.45) is 3.49. The van der Waals surface area contributed by atoms with E-state index in [-0.39, 0.29) is 0 Å². The number of aromatic nitrogens is 2. The third-order valence-electron chi connectivity index (χ3n) is 5.62. The van der Waals surface area contributed by atoms with Crippen molar-refractivity contribution in [1.82, 2.24) is 20.8 Å². The van der Waals surface area contributed by atoms with Gasteiger partial charge in [-0.3, -0.25) is 10.9 Å². The predicted molar refractivity (Wildman–Crippen MR) is 105 cm³/mol. The Hall–Kier alpha value is -2.50. The summed E-state index contributed by atoms with van der Waals surface area (Å²) in [6, 6.07) is 19.7. The van der Waals surface area contributed by atoms with Gasteiger partial charge < -0.3 is 5.32 Å². The highest BCUT2D eigenvalue weighted by atomic mass is 15.4. The van der Waals surface area contributed by atoms with E-state index in [0.717, 1.165) is 47.5 Å². The third-order valence-corrected chi connectivity index (χ3v) is 5.62. The van der Waals surface area contributed by atoms with Gasteiger partial charge in [0, 0.05) is 29.6 Å². The molecule has 5 nitrogen and oxygen atoms in total. The molecule has 3 atom stereocenters. The molecule has 5 rings (SSSR count). The highest BCUT2D eigenvalue weighted by Gasteiger charge is 2.33. The lowest BCUT2D eigenvalue weighted by atomic mass is 9.83. The third kappa shape index (κ3) is 2.93. The molecule has 1 aromatic heterocycles. The molecule has 1 aliphatic carbocycles. The van der Waals surface area contributed by atoms with Crippen molar-refractivity contribution in [2.75, 3.05) is 11.9 Å². The molecule has 1 saturated carbocycles. The van der Waals surface area contributed by atoms with Gasteiger partial charge in [0.1, 0.15) is 0 Å². The van der Waals surface area contributed by atoms with Gasteiger partial charge in [0.05, 0.1) is 11.2 Å². The van der Waals surface area contributed by atoms with E-state index in [1.165, 1.54) is 6.42 Å². The Balaban J connectivity index is 1.48. The minimum Gasteiger partial charge on any atom is -0.351 e. The maximum atomic E-state index is 4.90. The normalized spacial score (nSPS) is 25.2. The number of hydrazine groups is 1. The second-order valence-corrected chi connectivity index (χ2v) is 7.33. The Bertz CT molecular complexity index is 911. The summed E-state index contributed by atoms with van der Waals surface area (Å²) in [5.41, 5.74) is 9.79. The van der Waals surface area contributed by atoms with Crippen molar-refractivity contribution in [2.24, 2.45) is 5.92 Å². The molecule has 1 aliphatic heterocycles. The fourth-order valence-electron chi connectivity index (χ4n) is 4.27. The van der Waals surface area contributed by atoms with Gasteiger partial charge in [-0.25, -0.2) is 9.97 Å². The van der Waals surface area contributed by atoms with Gasteiger partial charge in [-0.1, -0.05) is 48.5 Å². The summed E-state index contributed by atoms with van der Waals surface area (Å²) in [7, 11) is 0. The van der Waals surface area contributed by atoms with Crippen molar-refractivity contribution in [3.05, 3.63) is 54.6 Å². The van der Waals surface area contributed by atoms with E-state index < -0.39 is 0 Å². The monoisotopic (exact) mass is 345 g/mol. The van der Waals surface area contributed by atoms with Crippen LogP contribution in [0, 0.1) is 5.92 Å². The molecule has 3 N–H and O–H groups in total. The van der Waals surface area contributed by atoms with E-state index >= 15 is 0 Å². The van der Waals surface area contributed by atoms with Crippen molar-refractivity contribution in [3.8, 4) is 11.3 Å². The number of nitrogens with zero attached hydrogens (tertiary/aromatic N) is 2. The molecule has 0 bridgehead atoms. The highest BCUT2D eigenvalue weighted by molar-refractivity contribution is 5.93. The molecule has 3 aromatic rings. The number of fused-ring (bicyclic) bond motifs is 2. The summed E-state index contributed by atoms with van der Waals surface area (Å²) in [5, 5.41) is 4.71. The molecule has 0 radical (unpaired) electrons. The average molecular weight is 345 g/mol. The summed E-state index contributed by atoms with van der Waals surface area (Å²) >= 11 is 0. The Kier molecular flexibility index (Phi) is 4.03. The molecular formula is C21H23N5. The first-order chi connectivity index (χ1) is 12.9. The lowest BCUT2D eigenvalue weighted by molar-refractivity contribution is 0.314. The number of nitrogens with one attached hydrogen (secondary N) is 3. The minimum absolute atomic E-state index is 0.433. The van der Waals surface area contributed by atoms with Crippen LogP contribution in [0.3, 0.4) is 0 Å². The quantitative estimate of drug-likeness (QED) is 0.679. The fourth-order valence-corrected chi connectivity index (χ4v) is 4.27. The summed E-state index contributed by atoms with van der Waals surface area (Å²) in [6.45, 7) is 1.05. The van der Waals surface area contributed by atoms with Crippen molar-refractivity contribution < 1.29 is 0 Å². The van der Waals surface area contributed by atoms with Crippen LogP contribution in [0.2, 0.25) is 0 Å². The molecule has 2 aromatic carbocycles. The molecule has 0 spiro atoms. The van der Waals surface area contributed by atoms with Crippen molar-refractivity contribution in [3.63, 3.8) is 0 Å². The lowest BCUT2D eigenvalue weighted by Crippen LogP contribution is -2.39. The van der Waals surface area contributed by atoms with Gasteiger partial charge in [-0.15, -0.1) is 0 Å². The zero-order valence-corrected chi connectivity index (χ0v) is 14.7.